The highest BCUT2D eigenvalue weighted by molar-refractivity contribution is 6.06. The van der Waals surface area contributed by atoms with Crippen molar-refractivity contribution in [2.75, 3.05) is 11.1 Å². The lowest BCUT2D eigenvalue weighted by molar-refractivity contribution is 0.102. The predicted octanol–water partition coefficient (Wildman–Crippen LogP) is 2.77. The van der Waals surface area contributed by atoms with Crippen LogP contribution in [-0.2, 0) is 0 Å². The molecule has 0 atom stereocenters. The highest BCUT2D eigenvalue weighted by Crippen LogP contribution is 2.18. The minimum Gasteiger partial charge on any atom is -0.397 e. The van der Waals surface area contributed by atoms with Crippen LogP contribution in [0.5, 0.6) is 0 Å². The molecule has 0 aliphatic heterocycles. The molecular formula is C16H14N4O. The molecule has 0 spiro atoms. The average Bonchev–Trinajstić information content (AvgIpc) is 2.49. The fourth-order valence-corrected chi connectivity index (χ4v) is 2.12. The Hall–Kier alpha value is -2.95. The first-order valence-electron chi connectivity index (χ1n) is 6.52. The average molecular weight is 278 g/mol. The van der Waals surface area contributed by atoms with E-state index in [2.05, 4.69) is 15.3 Å². The van der Waals surface area contributed by atoms with E-state index in [9.17, 15) is 4.79 Å². The number of aryl methyl sites for hydroxylation is 1. The predicted molar refractivity (Wildman–Crippen MR) is 83.1 cm³/mol. The van der Waals surface area contributed by atoms with Crippen molar-refractivity contribution in [1.29, 1.82) is 0 Å². The largest absolute Gasteiger partial charge is 0.397 e. The Labute approximate surface area is 121 Å². The number of hydrogen-bond acceptors (Lipinski definition) is 4. The molecule has 0 saturated carbocycles. The number of carbonyl (C=O) groups excluding carboxylic acids is 1. The van der Waals surface area contributed by atoms with Gasteiger partial charge in [0, 0.05) is 5.39 Å². The lowest BCUT2D eigenvalue weighted by Gasteiger charge is -2.08. The van der Waals surface area contributed by atoms with Crippen molar-refractivity contribution in [3.05, 3.63) is 60.0 Å². The third-order valence-corrected chi connectivity index (χ3v) is 3.20. The number of nitrogens with zero attached hydrogens (tertiary/aromatic N) is 2. The highest BCUT2D eigenvalue weighted by atomic mass is 16.1. The van der Waals surface area contributed by atoms with Crippen LogP contribution in [0.4, 0.5) is 11.4 Å². The normalized spacial score (nSPS) is 10.5. The second-order valence-corrected chi connectivity index (χ2v) is 4.77. The summed E-state index contributed by atoms with van der Waals surface area (Å²) in [7, 11) is 0. The maximum Gasteiger partial charge on any atom is 0.257 e. The summed E-state index contributed by atoms with van der Waals surface area (Å²) in [5.74, 6) is -0.246. The van der Waals surface area contributed by atoms with E-state index >= 15 is 0 Å². The van der Waals surface area contributed by atoms with Crippen LogP contribution in [0.2, 0.25) is 0 Å². The number of pyridine rings is 2. The zero-order valence-corrected chi connectivity index (χ0v) is 11.5. The third-order valence-electron chi connectivity index (χ3n) is 3.20. The number of nitrogens with one attached hydrogen (secondary N) is 1. The molecule has 2 heterocycles. The Morgan fingerprint density at radius 1 is 1.14 bits per heavy atom. The van der Waals surface area contributed by atoms with Gasteiger partial charge in [-0.25, -0.2) is 0 Å². The number of fused-ring (bicyclic) bond motifs is 1. The molecule has 0 fully saturated rings. The molecule has 3 aromatic rings. The maximum absolute atomic E-state index is 12.3. The summed E-state index contributed by atoms with van der Waals surface area (Å²) in [6.07, 6.45) is 3.17. The number of amides is 1. The summed E-state index contributed by atoms with van der Waals surface area (Å²) < 4.78 is 0. The molecule has 0 bridgehead atoms. The van der Waals surface area contributed by atoms with Gasteiger partial charge in [-0.3, -0.25) is 14.8 Å². The number of aromatic nitrogens is 2. The molecule has 1 amide bonds. The van der Waals surface area contributed by atoms with Gasteiger partial charge in [0.1, 0.15) is 0 Å². The van der Waals surface area contributed by atoms with E-state index in [4.69, 9.17) is 5.73 Å². The second-order valence-electron chi connectivity index (χ2n) is 4.77. The fraction of sp³-hybridized carbons (Fsp3) is 0.0625. The third kappa shape index (κ3) is 2.67. The minimum atomic E-state index is -0.246. The van der Waals surface area contributed by atoms with Crippen molar-refractivity contribution >= 4 is 28.2 Å². The Kier molecular flexibility index (Phi) is 3.23. The maximum atomic E-state index is 12.3. The number of para-hydroxylation sites is 1. The smallest absolute Gasteiger partial charge is 0.257 e. The van der Waals surface area contributed by atoms with Crippen molar-refractivity contribution in [3.63, 3.8) is 0 Å². The Morgan fingerprint density at radius 3 is 2.81 bits per heavy atom. The van der Waals surface area contributed by atoms with E-state index < -0.39 is 0 Å². The molecule has 3 rings (SSSR count). The summed E-state index contributed by atoms with van der Waals surface area (Å²) in [6, 6.07) is 11.2. The quantitative estimate of drug-likeness (QED) is 0.755. The highest BCUT2D eigenvalue weighted by Gasteiger charge is 2.11. The molecule has 0 unspecified atom stereocenters. The van der Waals surface area contributed by atoms with Gasteiger partial charge in [-0.1, -0.05) is 18.2 Å². The first-order chi connectivity index (χ1) is 10.1. The summed E-state index contributed by atoms with van der Waals surface area (Å²) in [5.41, 5.74) is 8.76. The number of benzene rings is 1. The van der Waals surface area contributed by atoms with E-state index in [-0.39, 0.29) is 5.91 Å². The van der Waals surface area contributed by atoms with Crippen LogP contribution >= 0.6 is 0 Å². The van der Waals surface area contributed by atoms with Gasteiger partial charge in [-0.15, -0.1) is 0 Å². The number of hydrogen-bond donors (Lipinski definition) is 2. The van der Waals surface area contributed by atoms with Crippen LogP contribution in [0.3, 0.4) is 0 Å². The van der Waals surface area contributed by atoms with Gasteiger partial charge in [-0.2, -0.15) is 0 Å². The van der Waals surface area contributed by atoms with Crippen molar-refractivity contribution < 1.29 is 4.79 Å². The molecule has 0 aliphatic carbocycles. The van der Waals surface area contributed by atoms with E-state index in [0.717, 1.165) is 10.9 Å². The first kappa shape index (κ1) is 13.1. The van der Waals surface area contributed by atoms with Gasteiger partial charge < -0.3 is 11.1 Å². The van der Waals surface area contributed by atoms with Crippen molar-refractivity contribution in [2.45, 2.75) is 6.92 Å². The molecule has 5 nitrogen and oxygen atoms in total. The molecule has 21 heavy (non-hydrogen) atoms. The van der Waals surface area contributed by atoms with Crippen molar-refractivity contribution in [1.82, 2.24) is 9.97 Å². The van der Waals surface area contributed by atoms with Crippen LogP contribution in [0, 0.1) is 6.92 Å². The second kappa shape index (κ2) is 5.20. The topological polar surface area (TPSA) is 80.9 Å². The Bertz CT molecular complexity index is 829. The molecule has 0 radical (unpaired) electrons. The zero-order valence-electron chi connectivity index (χ0n) is 11.5. The zero-order chi connectivity index (χ0) is 14.8. The minimum absolute atomic E-state index is 0.246. The van der Waals surface area contributed by atoms with E-state index in [1.54, 1.807) is 19.2 Å². The molecular weight excluding hydrogens is 264 g/mol. The molecule has 5 heteroatoms. The van der Waals surface area contributed by atoms with Crippen LogP contribution < -0.4 is 11.1 Å². The van der Waals surface area contributed by atoms with Crippen LogP contribution in [0.15, 0.2) is 48.8 Å². The van der Waals surface area contributed by atoms with Crippen LogP contribution in [0.1, 0.15) is 16.1 Å². The van der Waals surface area contributed by atoms with Gasteiger partial charge >= 0.3 is 0 Å². The Balaban J connectivity index is 1.90. The summed E-state index contributed by atoms with van der Waals surface area (Å²) in [4.78, 5) is 20.7. The van der Waals surface area contributed by atoms with Crippen molar-refractivity contribution in [2.24, 2.45) is 0 Å². The molecule has 0 saturated heterocycles. The van der Waals surface area contributed by atoms with Crippen LogP contribution in [-0.4, -0.2) is 15.9 Å². The van der Waals surface area contributed by atoms with Gasteiger partial charge in [0.25, 0.3) is 5.91 Å². The molecule has 104 valence electrons. The molecule has 0 aliphatic rings. The standard InChI is InChI=1S/C16H14N4O/c1-10-14(7-12(17)8-18-10)16(21)20-13-6-11-4-2-3-5-15(11)19-9-13/h2-9H,17H2,1H3,(H,20,21). The first-order valence-corrected chi connectivity index (χ1v) is 6.52. The Morgan fingerprint density at radius 2 is 1.95 bits per heavy atom. The number of rotatable bonds is 2. The van der Waals surface area contributed by atoms with E-state index in [1.807, 2.05) is 30.3 Å². The van der Waals surface area contributed by atoms with Crippen molar-refractivity contribution in [3.8, 4) is 0 Å². The lowest BCUT2D eigenvalue weighted by Crippen LogP contribution is -2.14. The number of nitrogens with two attached hydrogens (primary N) is 1. The van der Waals surface area contributed by atoms with E-state index in [0.29, 0.717) is 22.6 Å². The van der Waals surface area contributed by atoms with Crippen LogP contribution in [0.25, 0.3) is 10.9 Å². The SMILES string of the molecule is Cc1ncc(N)cc1C(=O)Nc1cnc2ccccc2c1. The van der Waals surface area contributed by atoms with Gasteiger partial charge in [-0.05, 0) is 25.1 Å². The number of nitrogen functional groups attached to an aromatic ring is 1. The van der Waals surface area contributed by atoms with Gasteiger partial charge in [0.05, 0.1) is 40.5 Å². The van der Waals surface area contributed by atoms with E-state index in [1.165, 1.54) is 6.20 Å². The summed E-state index contributed by atoms with van der Waals surface area (Å²) in [6.45, 7) is 1.77. The lowest BCUT2D eigenvalue weighted by atomic mass is 10.1. The summed E-state index contributed by atoms with van der Waals surface area (Å²) >= 11 is 0. The fourth-order valence-electron chi connectivity index (χ4n) is 2.12. The van der Waals surface area contributed by atoms with Gasteiger partial charge in [0.15, 0.2) is 0 Å². The number of anilines is 2. The molecule has 3 N–H and O–H groups in total. The monoisotopic (exact) mass is 278 g/mol. The number of carbonyl (C=O) groups is 1. The molecule has 1 aromatic carbocycles. The molecule has 2 aromatic heterocycles. The van der Waals surface area contributed by atoms with Gasteiger partial charge in [0.2, 0.25) is 0 Å². The summed E-state index contributed by atoms with van der Waals surface area (Å²) in [5, 5.41) is 3.79.